The third-order valence-corrected chi connectivity index (χ3v) is 6.03. The second-order valence-corrected chi connectivity index (χ2v) is 8.86. The van der Waals surface area contributed by atoms with Crippen LogP contribution in [0.1, 0.15) is 80.1 Å². The molecule has 0 spiro atoms. The number of esters is 1. The minimum absolute atomic E-state index is 0.201. The highest BCUT2D eigenvalue weighted by molar-refractivity contribution is 5.66. The third kappa shape index (κ3) is 5.20. The fourth-order valence-corrected chi connectivity index (χ4v) is 4.08. The molecule has 148 valence electrons. The van der Waals surface area contributed by atoms with Crippen molar-refractivity contribution in [3.8, 4) is 0 Å². The van der Waals surface area contributed by atoms with Gasteiger partial charge in [-0.05, 0) is 65.2 Å². The summed E-state index contributed by atoms with van der Waals surface area (Å²) < 4.78 is 12.0. The van der Waals surface area contributed by atoms with Gasteiger partial charge >= 0.3 is 5.97 Å². The summed E-state index contributed by atoms with van der Waals surface area (Å²) in [5.41, 5.74) is 1.15. The van der Waals surface area contributed by atoms with Gasteiger partial charge in [0.05, 0.1) is 17.8 Å². The number of ether oxygens (including phenoxy) is 2. The molecular weight excluding hydrogens is 328 g/mol. The SMILES string of the molecule is CC(=O)O[C@@]1(C)CC[C@H]2O[C@@H]1CC/C(C)=C/C=C(/C(C)C)CC[C@]2(C)O. The van der Waals surface area contributed by atoms with Crippen molar-refractivity contribution in [1.29, 1.82) is 0 Å². The number of aliphatic hydroxyl groups is 1. The molecule has 2 bridgehead atoms. The van der Waals surface area contributed by atoms with E-state index in [4.69, 9.17) is 9.47 Å². The lowest BCUT2D eigenvalue weighted by atomic mass is 9.79. The van der Waals surface area contributed by atoms with E-state index in [2.05, 4.69) is 32.9 Å². The molecule has 0 aliphatic carbocycles. The lowest BCUT2D eigenvalue weighted by Crippen LogP contribution is -2.56. The second kappa shape index (κ2) is 8.26. The molecule has 0 amide bonds. The predicted molar refractivity (Wildman–Crippen MR) is 104 cm³/mol. The number of fused-ring (bicyclic) bond motifs is 2. The van der Waals surface area contributed by atoms with E-state index < -0.39 is 11.2 Å². The second-order valence-electron chi connectivity index (χ2n) is 8.86. The maximum absolute atomic E-state index is 11.6. The number of carbonyl (C=O) groups excluding carboxylic acids is 1. The lowest BCUT2D eigenvalue weighted by molar-refractivity contribution is -0.228. The Hall–Kier alpha value is -1.13. The Bertz CT molecular complexity index is 573. The van der Waals surface area contributed by atoms with E-state index >= 15 is 0 Å². The predicted octanol–water partition coefficient (Wildman–Crippen LogP) is 4.71. The highest BCUT2D eigenvalue weighted by atomic mass is 16.6. The minimum atomic E-state index is -0.887. The topological polar surface area (TPSA) is 55.8 Å². The first-order valence-corrected chi connectivity index (χ1v) is 9.97. The number of allylic oxidation sites excluding steroid dienone is 4. The molecule has 26 heavy (non-hydrogen) atoms. The molecular formula is C22H36O4. The van der Waals surface area contributed by atoms with Gasteiger partial charge in [-0.2, -0.15) is 0 Å². The Balaban J connectivity index is 2.32. The van der Waals surface area contributed by atoms with Crippen LogP contribution in [-0.4, -0.2) is 34.5 Å². The zero-order chi connectivity index (χ0) is 19.5. The van der Waals surface area contributed by atoms with Crippen molar-refractivity contribution in [2.75, 3.05) is 0 Å². The molecule has 0 aromatic rings. The van der Waals surface area contributed by atoms with Crippen molar-refractivity contribution in [3.63, 3.8) is 0 Å². The van der Waals surface area contributed by atoms with Crippen LogP contribution in [0, 0.1) is 5.92 Å². The molecule has 0 radical (unpaired) electrons. The van der Waals surface area contributed by atoms with Crippen LogP contribution in [0.2, 0.25) is 0 Å². The van der Waals surface area contributed by atoms with E-state index in [1.807, 2.05) is 13.8 Å². The maximum atomic E-state index is 11.6. The first kappa shape index (κ1) is 21.2. The van der Waals surface area contributed by atoms with Crippen LogP contribution in [0.25, 0.3) is 0 Å². The summed E-state index contributed by atoms with van der Waals surface area (Å²) in [6, 6.07) is 0. The summed E-state index contributed by atoms with van der Waals surface area (Å²) in [6.45, 7) is 11.8. The van der Waals surface area contributed by atoms with Gasteiger partial charge in [0.2, 0.25) is 0 Å². The Morgan fingerprint density at radius 3 is 2.50 bits per heavy atom. The fourth-order valence-electron chi connectivity index (χ4n) is 4.08. The summed E-state index contributed by atoms with van der Waals surface area (Å²) in [5.74, 6) is 0.189. The number of carbonyl (C=O) groups is 1. The van der Waals surface area contributed by atoms with Gasteiger partial charge in [0.25, 0.3) is 0 Å². The first-order valence-electron chi connectivity index (χ1n) is 9.97. The zero-order valence-electron chi connectivity index (χ0n) is 17.3. The van der Waals surface area contributed by atoms with Gasteiger partial charge in [-0.1, -0.05) is 37.1 Å². The Kier molecular flexibility index (Phi) is 6.73. The average molecular weight is 365 g/mol. The van der Waals surface area contributed by atoms with Crippen LogP contribution in [0.5, 0.6) is 0 Å². The van der Waals surface area contributed by atoms with Gasteiger partial charge in [-0.3, -0.25) is 4.79 Å². The summed E-state index contributed by atoms with van der Waals surface area (Å²) >= 11 is 0. The number of hydrogen-bond acceptors (Lipinski definition) is 4. The molecule has 4 nitrogen and oxygen atoms in total. The maximum Gasteiger partial charge on any atom is 0.303 e. The van der Waals surface area contributed by atoms with Crippen LogP contribution in [0.3, 0.4) is 0 Å². The van der Waals surface area contributed by atoms with E-state index in [0.29, 0.717) is 25.2 Å². The van der Waals surface area contributed by atoms with Crippen molar-refractivity contribution in [3.05, 3.63) is 23.3 Å². The molecule has 0 aromatic carbocycles. The van der Waals surface area contributed by atoms with E-state index in [1.54, 1.807) is 0 Å². The summed E-state index contributed by atoms with van der Waals surface area (Å²) in [5, 5.41) is 11.1. The molecule has 2 aliphatic rings. The molecule has 0 aromatic heterocycles. The van der Waals surface area contributed by atoms with Gasteiger partial charge in [-0.15, -0.1) is 0 Å². The average Bonchev–Trinajstić information content (AvgIpc) is 2.51. The minimum Gasteiger partial charge on any atom is -0.457 e. The number of rotatable bonds is 2. The highest BCUT2D eigenvalue weighted by Gasteiger charge is 2.47. The Labute approximate surface area is 158 Å². The smallest absolute Gasteiger partial charge is 0.303 e. The standard InChI is InChI=1S/C22H36O4/c1-15(2)18-9-7-16(3)8-10-20-22(6,26-17(4)23)14-12-19(25-20)21(5,24)13-11-18/h7,9,15,19-20,24H,8,10-14H2,1-6H3/b16-7+,18-9+/t19-,20-,21+,22+/m1/s1. The van der Waals surface area contributed by atoms with Crippen molar-refractivity contribution >= 4 is 5.97 Å². The molecule has 4 atom stereocenters. The fraction of sp³-hybridized carbons (Fsp3) is 0.773. The van der Waals surface area contributed by atoms with E-state index in [0.717, 1.165) is 19.3 Å². The van der Waals surface area contributed by atoms with Crippen LogP contribution >= 0.6 is 0 Å². The molecule has 1 N–H and O–H groups in total. The largest absolute Gasteiger partial charge is 0.457 e. The van der Waals surface area contributed by atoms with Crippen molar-refractivity contribution < 1.29 is 19.4 Å². The van der Waals surface area contributed by atoms with E-state index in [9.17, 15) is 9.90 Å². The zero-order valence-corrected chi connectivity index (χ0v) is 17.3. The van der Waals surface area contributed by atoms with Crippen LogP contribution in [0.4, 0.5) is 0 Å². The van der Waals surface area contributed by atoms with Crippen molar-refractivity contribution in [2.24, 2.45) is 5.92 Å². The summed E-state index contributed by atoms with van der Waals surface area (Å²) in [7, 11) is 0. The molecule has 2 heterocycles. The van der Waals surface area contributed by atoms with Crippen LogP contribution in [0.15, 0.2) is 23.3 Å². The molecule has 1 saturated heterocycles. The quantitative estimate of drug-likeness (QED) is 0.721. The van der Waals surface area contributed by atoms with Gasteiger partial charge in [0.15, 0.2) is 0 Å². The first-order chi connectivity index (χ1) is 12.0. The van der Waals surface area contributed by atoms with Gasteiger partial charge < -0.3 is 14.6 Å². The lowest BCUT2D eigenvalue weighted by Gasteiger charge is -2.47. The normalized spacial score (nSPS) is 40.5. The van der Waals surface area contributed by atoms with E-state index in [1.165, 1.54) is 18.1 Å². The summed E-state index contributed by atoms with van der Waals surface area (Å²) in [6.07, 6.45) is 8.60. The van der Waals surface area contributed by atoms with Crippen LogP contribution < -0.4 is 0 Å². The van der Waals surface area contributed by atoms with Crippen LogP contribution in [-0.2, 0) is 14.3 Å². The Morgan fingerprint density at radius 2 is 1.88 bits per heavy atom. The summed E-state index contributed by atoms with van der Waals surface area (Å²) in [4.78, 5) is 11.6. The van der Waals surface area contributed by atoms with Crippen molar-refractivity contribution in [1.82, 2.24) is 0 Å². The number of hydrogen-bond donors (Lipinski definition) is 1. The van der Waals surface area contributed by atoms with E-state index in [-0.39, 0.29) is 18.2 Å². The molecule has 4 heteroatoms. The molecule has 1 fully saturated rings. The van der Waals surface area contributed by atoms with Gasteiger partial charge in [0.1, 0.15) is 5.60 Å². The highest BCUT2D eigenvalue weighted by Crippen LogP contribution is 2.40. The van der Waals surface area contributed by atoms with Crippen molar-refractivity contribution in [2.45, 2.75) is 103 Å². The molecule has 0 saturated carbocycles. The van der Waals surface area contributed by atoms with Gasteiger partial charge in [0, 0.05) is 6.92 Å². The molecule has 0 unspecified atom stereocenters. The molecule has 2 aliphatic heterocycles. The monoisotopic (exact) mass is 364 g/mol. The third-order valence-electron chi connectivity index (χ3n) is 6.03. The molecule has 2 rings (SSSR count). The van der Waals surface area contributed by atoms with Gasteiger partial charge in [-0.25, -0.2) is 0 Å². The Morgan fingerprint density at radius 1 is 1.19 bits per heavy atom.